The van der Waals surface area contributed by atoms with Crippen LogP contribution in [-0.2, 0) is 24.8 Å². The molecule has 1 amide bonds. The third-order valence-electron chi connectivity index (χ3n) is 2.99. The average Bonchev–Trinajstić information content (AvgIpc) is 2.80. The molecule has 0 aliphatic heterocycles. The maximum absolute atomic E-state index is 11.8. The summed E-state index contributed by atoms with van der Waals surface area (Å²) in [4.78, 5) is 11.8. The van der Waals surface area contributed by atoms with Gasteiger partial charge in [0.15, 0.2) is 0 Å². The molecule has 0 radical (unpaired) electrons. The van der Waals surface area contributed by atoms with E-state index in [9.17, 15) is 4.79 Å². The third-order valence-corrected chi connectivity index (χ3v) is 2.99. The van der Waals surface area contributed by atoms with Gasteiger partial charge in [0.2, 0.25) is 5.91 Å². The van der Waals surface area contributed by atoms with Crippen molar-refractivity contribution in [3.05, 3.63) is 47.8 Å². The second-order valence-electron chi connectivity index (χ2n) is 4.65. The number of hydrogen-bond donors (Lipinski definition) is 2. The minimum Gasteiger partial charge on any atom is -0.325 e. The molecular formula is C15H20N4O. The van der Waals surface area contributed by atoms with Crippen LogP contribution in [-0.4, -0.2) is 22.2 Å². The molecular weight excluding hydrogens is 252 g/mol. The van der Waals surface area contributed by atoms with E-state index >= 15 is 0 Å². The van der Waals surface area contributed by atoms with E-state index in [-0.39, 0.29) is 12.5 Å². The number of benzene rings is 1. The van der Waals surface area contributed by atoms with Crippen molar-refractivity contribution in [2.75, 3.05) is 11.9 Å². The van der Waals surface area contributed by atoms with Crippen molar-refractivity contribution in [1.29, 1.82) is 0 Å². The first-order chi connectivity index (χ1) is 9.69. The van der Waals surface area contributed by atoms with Gasteiger partial charge in [-0.3, -0.25) is 9.48 Å². The lowest BCUT2D eigenvalue weighted by atomic mass is 10.2. The Bertz CT molecular complexity index is 563. The van der Waals surface area contributed by atoms with Crippen molar-refractivity contribution in [2.24, 2.45) is 7.05 Å². The summed E-state index contributed by atoms with van der Waals surface area (Å²) in [6.07, 6.45) is 2.88. The summed E-state index contributed by atoms with van der Waals surface area (Å²) in [6, 6.07) is 9.45. The minimum atomic E-state index is -0.0434. The van der Waals surface area contributed by atoms with Crippen LogP contribution >= 0.6 is 0 Å². The highest BCUT2D eigenvalue weighted by Crippen LogP contribution is 2.07. The molecule has 0 saturated heterocycles. The van der Waals surface area contributed by atoms with E-state index in [2.05, 4.69) is 22.7 Å². The predicted octanol–water partition coefficient (Wildman–Crippen LogP) is 1.71. The normalized spacial score (nSPS) is 10.5. The van der Waals surface area contributed by atoms with Gasteiger partial charge in [-0.15, -0.1) is 0 Å². The van der Waals surface area contributed by atoms with Gasteiger partial charge in [-0.1, -0.05) is 25.1 Å². The van der Waals surface area contributed by atoms with Crippen LogP contribution in [0.4, 0.5) is 5.69 Å². The second-order valence-corrected chi connectivity index (χ2v) is 4.65. The highest BCUT2D eigenvalue weighted by molar-refractivity contribution is 5.92. The van der Waals surface area contributed by atoms with Gasteiger partial charge in [0, 0.05) is 31.0 Å². The average molecular weight is 272 g/mol. The Balaban J connectivity index is 1.79. The fourth-order valence-electron chi connectivity index (χ4n) is 2.07. The summed E-state index contributed by atoms with van der Waals surface area (Å²) in [6.45, 7) is 3.01. The van der Waals surface area contributed by atoms with E-state index in [0.717, 1.165) is 23.4 Å². The van der Waals surface area contributed by atoms with Crippen molar-refractivity contribution in [2.45, 2.75) is 19.9 Å². The molecule has 0 atom stereocenters. The molecule has 1 aromatic carbocycles. The van der Waals surface area contributed by atoms with E-state index in [1.165, 1.54) is 0 Å². The molecule has 5 nitrogen and oxygen atoms in total. The van der Waals surface area contributed by atoms with Crippen LogP contribution in [0.3, 0.4) is 0 Å². The number of carbonyl (C=O) groups excluding carboxylic acids is 1. The zero-order valence-corrected chi connectivity index (χ0v) is 11.9. The van der Waals surface area contributed by atoms with Crippen molar-refractivity contribution in [3.8, 4) is 0 Å². The van der Waals surface area contributed by atoms with Crippen molar-refractivity contribution in [3.63, 3.8) is 0 Å². The number of anilines is 1. The number of amides is 1. The van der Waals surface area contributed by atoms with Crippen LogP contribution in [0.15, 0.2) is 36.5 Å². The molecule has 2 rings (SSSR count). The van der Waals surface area contributed by atoms with E-state index in [0.29, 0.717) is 6.54 Å². The van der Waals surface area contributed by atoms with Gasteiger partial charge >= 0.3 is 0 Å². The fraction of sp³-hybridized carbons (Fsp3) is 0.333. The van der Waals surface area contributed by atoms with Crippen LogP contribution in [0.5, 0.6) is 0 Å². The predicted molar refractivity (Wildman–Crippen MR) is 79.4 cm³/mol. The molecule has 2 N–H and O–H groups in total. The molecule has 20 heavy (non-hydrogen) atoms. The summed E-state index contributed by atoms with van der Waals surface area (Å²) in [5.74, 6) is -0.0434. The summed E-state index contributed by atoms with van der Waals surface area (Å²) in [5.41, 5.74) is 3.03. The largest absolute Gasteiger partial charge is 0.325 e. The molecule has 0 fully saturated rings. The Hall–Kier alpha value is -2.14. The summed E-state index contributed by atoms with van der Waals surface area (Å²) >= 11 is 0. The zero-order chi connectivity index (χ0) is 14.4. The van der Waals surface area contributed by atoms with Gasteiger partial charge in [-0.25, -0.2) is 0 Å². The molecule has 0 unspecified atom stereocenters. The number of nitrogens with one attached hydrogen (secondary N) is 2. The minimum absolute atomic E-state index is 0.0434. The highest BCUT2D eigenvalue weighted by Gasteiger charge is 2.06. The summed E-state index contributed by atoms with van der Waals surface area (Å²) < 4.78 is 1.81. The van der Waals surface area contributed by atoms with Crippen LogP contribution in [0.1, 0.15) is 18.2 Å². The number of rotatable bonds is 6. The van der Waals surface area contributed by atoms with Crippen LogP contribution in [0.2, 0.25) is 0 Å². The Morgan fingerprint density at radius 2 is 2.05 bits per heavy atom. The maximum atomic E-state index is 11.8. The molecule has 0 spiro atoms. The van der Waals surface area contributed by atoms with Crippen LogP contribution < -0.4 is 10.6 Å². The monoisotopic (exact) mass is 272 g/mol. The van der Waals surface area contributed by atoms with Crippen LogP contribution in [0.25, 0.3) is 0 Å². The molecule has 5 heteroatoms. The Morgan fingerprint density at radius 3 is 2.75 bits per heavy atom. The van der Waals surface area contributed by atoms with Gasteiger partial charge in [0.1, 0.15) is 0 Å². The van der Waals surface area contributed by atoms with E-state index in [1.54, 1.807) is 4.68 Å². The molecule has 0 bridgehead atoms. The van der Waals surface area contributed by atoms with Gasteiger partial charge in [-0.05, 0) is 18.6 Å². The Kier molecular flexibility index (Phi) is 4.90. The van der Waals surface area contributed by atoms with Crippen molar-refractivity contribution < 1.29 is 4.79 Å². The Morgan fingerprint density at radius 1 is 1.30 bits per heavy atom. The molecule has 0 saturated carbocycles. The molecule has 1 heterocycles. The fourth-order valence-corrected chi connectivity index (χ4v) is 2.07. The molecule has 0 aliphatic carbocycles. The molecule has 1 aromatic heterocycles. The topological polar surface area (TPSA) is 59.0 Å². The smallest absolute Gasteiger partial charge is 0.238 e. The number of nitrogens with zero attached hydrogens (tertiary/aromatic N) is 2. The lowest BCUT2D eigenvalue weighted by Crippen LogP contribution is -2.27. The first-order valence-corrected chi connectivity index (χ1v) is 6.76. The van der Waals surface area contributed by atoms with E-state index in [1.807, 2.05) is 43.6 Å². The van der Waals surface area contributed by atoms with E-state index in [4.69, 9.17) is 0 Å². The standard InChI is InChI=1S/C15H20N4O/c1-3-14-12(11-19(2)18-14)9-16-10-15(20)17-13-7-5-4-6-8-13/h4-8,11,16H,3,9-10H2,1-2H3,(H,17,20). The van der Waals surface area contributed by atoms with Gasteiger partial charge in [-0.2, -0.15) is 5.10 Å². The van der Waals surface area contributed by atoms with Gasteiger partial charge in [0.05, 0.1) is 12.2 Å². The lowest BCUT2D eigenvalue weighted by molar-refractivity contribution is -0.115. The maximum Gasteiger partial charge on any atom is 0.238 e. The highest BCUT2D eigenvalue weighted by atomic mass is 16.1. The number of para-hydroxylation sites is 1. The number of aryl methyl sites for hydroxylation is 2. The second kappa shape index (κ2) is 6.86. The number of aromatic nitrogens is 2. The molecule has 2 aromatic rings. The molecule has 0 aliphatic rings. The van der Waals surface area contributed by atoms with Crippen molar-refractivity contribution in [1.82, 2.24) is 15.1 Å². The Labute approximate surface area is 119 Å². The van der Waals surface area contributed by atoms with E-state index < -0.39 is 0 Å². The van der Waals surface area contributed by atoms with Crippen molar-refractivity contribution >= 4 is 11.6 Å². The summed E-state index contributed by atoms with van der Waals surface area (Å²) in [7, 11) is 1.91. The lowest BCUT2D eigenvalue weighted by Gasteiger charge is -2.06. The number of carbonyl (C=O) groups is 1. The van der Waals surface area contributed by atoms with Crippen LogP contribution in [0, 0.1) is 0 Å². The third kappa shape index (κ3) is 3.93. The first-order valence-electron chi connectivity index (χ1n) is 6.76. The SMILES string of the molecule is CCc1nn(C)cc1CNCC(=O)Nc1ccccc1. The van der Waals surface area contributed by atoms with Gasteiger partial charge < -0.3 is 10.6 Å². The quantitative estimate of drug-likeness (QED) is 0.841. The summed E-state index contributed by atoms with van der Waals surface area (Å²) in [5, 5.41) is 10.4. The first kappa shape index (κ1) is 14.3. The zero-order valence-electron chi connectivity index (χ0n) is 11.9. The molecule has 106 valence electrons. The van der Waals surface area contributed by atoms with Gasteiger partial charge in [0.25, 0.3) is 0 Å². The number of hydrogen-bond acceptors (Lipinski definition) is 3.